The number of aliphatic hydroxyl groups excluding tert-OH is 2. The summed E-state index contributed by atoms with van der Waals surface area (Å²) in [5.74, 6) is 0. The third-order valence-corrected chi connectivity index (χ3v) is 2.54. The molecule has 0 saturated carbocycles. The van der Waals surface area contributed by atoms with Gasteiger partial charge in [-0.3, -0.25) is 0 Å². The molecular weight excluding hydrogens is 286 g/mol. The Labute approximate surface area is 122 Å². The van der Waals surface area contributed by atoms with Crippen molar-refractivity contribution in [1.29, 1.82) is 0 Å². The minimum absolute atomic E-state index is 0.0452. The highest BCUT2D eigenvalue weighted by Crippen LogP contribution is 2.22. The molecule has 0 aliphatic heterocycles. The van der Waals surface area contributed by atoms with Crippen LogP contribution in [0.25, 0.3) is 0 Å². The highest BCUT2D eigenvalue weighted by molar-refractivity contribution is 6.30. The number of ether oxygens (including phenoxy) is 1. The van der Waals surface area contributed by atoms with Gasteiger partial charge in [0.1, 0.15) is 29.3 Å². The van der Waals surface area contributed by atoms with Crippen LogP contribution >= 0.6 is 11.6 Å². The Morgan fingerprint density at radius 1 is 1.50 bits per heavy atom. The number of halogens is 1. The summed E-state index contributed by atoms with van der Waals surface area (Å²) in [7, 11) is 0. The molecule has 0 aliphatic carbocycles. The lowest BCUT2D eigenvalue weighted by atomic mass is 10.1. The zero-order valence-electron chi connectivity index (χ0n) is 11.5. The Balaban J connectivity index is 2.53. The van der Waals surface area contributed by atoms with Gasteiger partial charge >= 0.3 is 6.09 Å². The average Bonchev–Trinajstić information content (AvgIpc) is 2.33. The standard InChI is InChI=1S/C12H18ClN3O4/c1-12(2,3)20-11(19)15-5-8(17)9(18)7-4-14-6-16-10(7)13/h4,6,8-9,17-18H,5H2,1-3H3,(H,15,19). The largest absolute Gasteiger partial charge is 0.444 e. The normalized spacial score (nSPS) is 14.5. The number of carbonyl (C=O) groups excluding carboxylic acids is 1. The fourth-order valence-electron chi connectivity index (χ4n) is 1.34. The number of aliphatic hydroxyl groups is 2. The third-order valence-electron chi connectivity index (χ3n) is 2.23. The van der Waals surface area contributed by atoms with Crippen molar-refractivity contribution in [2.24, 2.45) is 0 Å². The van der Waals surface area contributed by atoms with Gasteiger partial charge in [-0.1, -0.05) is 11.6 Å². The molecular formula is C12H18ClN3O4. The van der Waals surface area contributed by atoms with E-state index in [0.717, 1.165) is 0 Å². The van der Waals surface area contributed by atoms with Crippen LogP contribution in [0.2, 0.25) is 5.15 Å². The van der Waals surface area contributed by atoms with Crippen LogP contribution in [0.5, 0.6) is 0 Å². The Hall–Kier alpha value is -1.44. The summed E-state index contributed by atoms with van der Waals surface area (Å²) in [6.07, 6.45) is -0.718. The van der Waals surface area contributed by atoms with E-state index in [0.29, 0.717) is 0 Å². The molecule has 1 aromatic heterocycles. The van der Waals surface area contributed by atoms with Gasteiger partial charge in [-0.05, 0) is 20.8 Å². The second-order valence-corrected chi connectivity index (χ2v) is 5.52. The van der Waals surface area contributed by atoms with Crippen molar-refractivity contribution in [2.45, 2.75) is 38.6 Å². The van der Waals surface area contributed by atoms with E-state index in [2.05, 4.69) is 15.3 Å². The molecule has 112 valence electrons. The van der Waals surface area contributed by atoms with E-state index in [9.17, 15) is 15.0 Å². The quantitative estimate of drug-likeness (QED) is 0.718. The summed E-state index contributed by atoms with van der Waals surface area (Å²) in [6.45, 7) is 4.97. The molecule has 0 radical (unpaired) electrons. The maximum atomic E-state index is 11.4. The van der Waals surface area contributed by atoms with Crippen LogP contribution < -0.4 is 5.32 Å². The number of rotatable bonds is 4. The van der Waals surface area contributed by atoms with E-state index in [1.165, 1.54) is 12.5 Å². The minimum Gasteiger partial charge on any atom is -0.444 e. The van der Waals surface area contributed by atoms with Crippen molar-refractivity contribution >= 4 is 17.7 Å². The van der Waals surface area contributed by atoms with Gasteiger partial charge in [-0.2, -0.15) is 0 Å². The van der Waals surface area contributed by atoms with Crippen molar-refractivity contribution in [3.63, 3.8) is 0 Å². The second kappa shape index (κ2) is 6.83. The number of nitrogens with zero attached hydrogens (tertiary/aromatic N) is 2. The highest BCUT2D eigenvalue weighted by Gasteiger charge is 2.23. The van der Waals surface area contributed by atoms with Gasteiger partial charge in [0.2, 0.25) is 0 Å². The molecule has 0 aliphatic rings. The Morgan fingerprint density at radius 3 is 2.70 bits per heavy atom. The first-order chi connectivity index (χ1) is 9.20. The number of alkyl carbamates (subject to hydrolysis) is 1. The molecule has 0 fully saturated rings. The van der Waals surface area contributed by atoms with Gasteiger partial charge in [-0.25, -0.2) is 14.8 Å². The van der Waals surface area contributed by atoms with E-state index in [-0.39, 0.29) is 17.3 Å². The second-order valence-electron chi connectivity index (χ2n) is 5.16. The fraction of sp³-hybridized carbons (Fsp3) is 0.583. The van der Waals surface area contributed by atoms with E-state index >= 15 is 0 Å². The Bertz CT molecular complexity index is 464. The molecule has 1 rings (SSSR count). The molecule has 1 amide bonds. The van der Waals surface area contributed by atoms with Crippen molar-refractivity contribution in [3.8, 4) is 0 Å². The maximum absolute atomic E-state index is 11.4. The first-order valence-electron chi connectivity index (χ1n) is 5.99. The molecule has 0 aromatic carbocycles. The van der Waals surface area contributed by atoms with E-state index in [1.807, 2.05) is 0 Å². The molecule has 8 heteroatoms. The van der Waals surface area contributed by atoms with Crippen molar-refractivity contribution in [3.05, 3.63) is 23.2 Å². The fourth-order valence-corrected chi connectivity index (χ4v) is 1.55. The topological polar surface area (TPSA) is 105 Å². The van der Waals surface area contributed by atoms with Gasteiger partial charge in [0.05, 0.1) is 0 Å². The molecule has 20 heavy (non-hydrogen) atoms. The molecule has 0 spiro atoms. The molecule has 7 nitrogen and oxygen atoms in total. The predicted octanol–water partition coefficient (Wildman–Crippen LogP) is 1.05. The number of hydrogen-bond donors (Lipinski definition) is 3. The highest BCUT2D eigenvalue weighted by atomic mass is 35.5. The van der Waals surface area contributed by atoms with Crippen LogP contribution in [0.15, 0.2) is 12.5 Å². The summed E-state index contributed by atoms with van der Waals surface area (Å²) >= 11 is 5.78. The van der Waals surface area contributed by atoms with Gasteiger partial charge < -0.3 is 20.3 Å². The molecule has 1 heterocycles. The predicted molar refractivity (Wildman–Crippen MR) is 72.2 cm³/mol. The summed E-state index contributed by atoms with van der Waals surface area (Å²) in [6, 6.07) is 0. The minimum atomic E-state index is -1.31. The first kappa shape index (κ1) is 16.6. The Morgan fingerprint density at radius 2 is 2.15 bits per heavy atom. The number of carbonyl (C=O) groups is 1. The lowest BCUT2D eigenvalue weighted by molar-refractivity contribution is 0.0127. The zero-order valence-corrected chi connectivity index (χ0v) is 12.3. The summed E-state index contributed by atoms with van der Waals surface area (Å²) in [5, 5.41) is 22.1. The summed E-state index contributed by atoms with van der Waals surface area (Å²) in [5.41, 5.74) is -0.447. The summed E-state index contributed by atoms with van der Waals surface area (Å²) < 4.78 is 5.00. The number of aromatic nitrogens is 2. The van der Waals surface area contributed by atoms with Gasteiger partial charge in [0.25, 0.3) is 0 Å². The number of hydrogen-bond acceptors (Lipinski definition) is 6. The molecule has 3 N–H and O–H groups in total. The average molecular weight is 304 g/mol. The smallest absolute Gasteiger partial charge is 0.407 e. The van der Waals surface area contributed by atoms with Crippen LogP contribution in [0, 0.1) is 0 Å². The SMILES string of the molecule is CC(C)(C)OC(=O)NCC(O)C(O)c1cncnc1Cl. The maximum Gasteiger partial charge on any atom is 0.407 e. The van der Waals surface area contributed by atoms with Crippen LogP contribution in [0.3, 0.4) is 0 Å². The number of nitrogens with one attached hydrogen (secondary N) is 1. The Kier molecular flexibility index (Phi) is 5.67. The number of amides is 1. The first-order valence-corrected chi connectivity index (χ1v) is 6.37. The zero-order chi connectivity index (χ0) is 15.3. The van der Waals surface area contributed by atoms with Crippen LogP contribution in [-0.2, 0) is 4.74 Å². The van der Waals surface area contributed by atoms with E-state index in [1.54, 1.807) is 20.8 Å². The van der Waals surface area contributed by atoms with Crippen molar-refractivity contribution < 1.29 is 19.7 Å². The molecule has 0 bridgehead atoms. The van der Waals surface area contributed by atoms with Crippen LogP contribution in [0.1, 0.15) is 32.4 Å². The van der Waals surface area contributed by atoms with Gasteiger partial charge in [0.15, 0.2) is 0 Å². The monoisotopic (exact) mass is 303 g/mol. The molecule has 2 unspecified atom stereocenters. The van der Waals surface area contributed by atoms with Gasteiger partial charge in [0, 0.05) is 18.3 Å². The van der Waals surface area contributed by atoms with Crippen molar-refractivity contribution in [2.75, 3.05) is 6.54 Å². The van der Waals surface area contributed by atoms with E-state index < -0.39 is 23.9 Å². The van der Waals surface area contributed by atoms with Crippen molar-refractivity contribution in [1.82, 2.24) is 15.3 Å². The van der Waals surface area contributed by atoms with E-state index in [4.69, 9.17) is 16.3 Å². The summed E-state index contributed by atoms with van der Waals surface area (Å²) in [4.78, 5) is 18.8. The lowest BCUT2D eigenvalue weighted by Crippen LogP contribution is -2.39. The lowest BCUT2D eigenvalue weighted by Gasteiger charge is -2.22. The van der Waals surface area contributed by atoms with Gasteiger partial charge in [-0.15, -0.1) is 0 Å². The molecule has 0 saturated heterocycles. The third kappa shape index (κ3) is 5.28. The van der Waals surface area contributed by atoms with Crippen LogP contribution in [0.4, 0.5) is 4.79 Å². The molecule has 2 atom stereocenters. The molecule has 1 aromatic rings. The van der Waals surface area contributed by atoms with Crippen LogP contribution in [-0.4, -0.2) is 44.5 Å².